The van der Waals surface area contributed by atoms with Crippen LogP contribution < -0.4 is 10.5 Å². The Kier molecular flexibility index (Phi) is 2.95. The molecule has 17 heavy (non-hydrogen) atoms. The van der Waals surface area contributed by atoms with Crippen LogP contribution in [0.5, 0.6) is 5.75 Å². The van der Waals surface area contributed by atoms with Crippen LogP contribution in [0, 0.1) is 12.7 Å². The highest BCUT2D eigenvalue weighted by Crippen LogP contribution is 2.32. The summed E-state index contributed by atoms with van der Waals surface area (Å²) in [6.07, 6.45) is 1.69. The van der Waals surface area contributed by atoms with E-state index >= 15 is 0 Å². The number of nitrogens with zero attached hydrogens (tertiary/aromatic N) is 1. The summed E-state index contributed by atoms with van der Waals surface area (Å²) >= 11 is 0. The SMILES string of the molecule is COc1ccc(F)cc1-c1ncc(C)cc1N. The minimum Gasteiger partial charge on any atom is -0.496 e. The van der Waals surface area contributed by atoms with Crippen LogP contribution in [0.15, 0.2) is 30.5 Å². The second-order valence-electron chi connectivity index (χ2n) is 3.80. The maximum atomic E-state index is 13.3. The zero-order valence-electron chi connectivity index (χ0n) is 9.70. The number of nitrogens with two attached hydrogens (primary N) is 1. The van der Waals surface area contributed by atoms with Gasteiger partial charge in [0.2, 0.25) is 0 Å². The number of ether oxygens (including phenoxy) is 1. The molecule has 0 fully saturated rings. The first kappa shape index (κ1) is 11.4. The zero-order chi connectivity index (χ0) is 12.4. The monoisotopic (exact) mass is 232 g/mol. The van der Waals surface area contributed by atoms with E-state index in [4.69, 9.17) is 10.5 Å². The number of hydrogen-bond donors (Lipinski definition) is 1. The molecule has 2 aromatic rings. The van der Waals surface area contributed by atoms with Gasteiger partial charge in [-0.1, -0.05) is 0 Å². The van der Waals surface area contributed by atoms with Crippen molar-refractivity contribution in [2.45, 2.75) is 6.92 Å². The maximum Gasteiger partial charge on any atom is 0.128 e. The normalized spacial score (nSPS) is 10.3. The Hall–Kier alpha value is -2.10. The molecule has 0 bridgehead atoms. The summed E-state index contributed by atoms with van der Waals surface area (Å²) in [7, 11) is 1.53. The van der Waals surface area contributed by atoms with Crippen molar-refractivity contribution in [1.82, 2.24) is 4.98 Å². The van der Waals surface area contributed by atoms with Crippen molar-refractivity contribution in [2.24, 2.45) is 0 Å². The number of anilines is 1. The van der Waals surface area contributed by atoms with Gasteiger partial charge in [-0.2, -0.15) is 0 Å². The predicted molar refractivity (Wildman–Crippen MR) is 65.3 cm³/mol. The van der Waals surface area contributed by atoms with Gasteiger partial charge in [0.15, 0.2) is 0 Å². The number of halogens is 1. The Morgan fingerprint density at radius 2 is 2.06 bits per heavy atom. The summed E-state index contributed by atoms with van der Waals surface area (Å²) in [5, 5.41) is 0. The van der Waals surface area contributed by atoms with E-state index in [-0.39, 0.29) is 5.82 Å². The highest BCUT2D eigenvalue weighted by molar-refractivity contribution is 5.77. The minimum absolute atomic E-state index is 0.345. The standard InChI is InChI=1S/C13H13FN2O/c1-8-5-11(15)13(16-7-8)10-6-9(14)3-4-12(10)17-2/h3-7H,15H2,1-2H3. The van der Waals surface area contributed by atoms with Crippen molar-refractivity contribution < 1.29 is 9.13 Å². The van der Waals surface area contributed by atoms with Crippen molar-refractivity contribution in [2.75, 3.05) is 12.8 Å². The molecule has 0 unspecified atom stereocenters. The summed E-state index contributed by atoms with van der Waals surface area (Å²) in [4.78, 5) is 4.23. The van der Waals surface area contributed by atoms with Crippen molar-refractivity contribution in [3.8, 4) is 17.0 Å². The van der Waals surface area contributed by atoms with Crippen LogP contribution in [0.1, 0.15) is 5.56 Å². The van der Waals surface area contributed by atoms with Gasteiger partial charge in [0.1, 0.15) is 11.6 Å². The second-order valence-corrected chi connectivity index (χ2v) is 3.80. The van der Waals surface area contributed by atoms with E-state index in [0.29, 0.717) is 22.7 Å². The van der Waals surface area contributed by atoms with Crippen LogP contribution in [-0.4, -0.2) is 12.1 Å². The van der Waals surface area contributed by atoms with E-state index in [1.807, 2.05) is 6.92 Å². The van der Waals surface area contributed by atoms with E-state index in [1.54, 1.807) is 18.3 Å². The molecule has 4 heteroatoms. The van der Waals surface area contributed by atoms with E-state index in [9.17, 15) is 4.39 Å². The largest absolute Gasteiger partial charge is 0.496 e. The summed E-state index contributed by atoms with van der Waals surface area (Å²) in [6, 6.07) is 6.07. The van der Waals surface area contributed by atoms with Gasteiger partial charge in [-0.3, -0.25) is 4.98 Å². The van der Waals surface area contributed by atoms with Crippen LogP contribution >= 0.6 is 0 Å². The number of methoxy groups -OCH3 is 1. The fraction of sp³-hybridized carbons (Fsp3) is 0.154. The van der Waals surface area contributed by atoms with E-state index in [0.717, 1.165) is 5.56 Å². The van der Waals surface area contributed by atoms with Gasteiger partial charge in [-0.25, -0.2) is 4.39 Å². The third kappa shape index (κ3) is 2.20. The summed E-state index contributed by atoms with van der Waals surface area (Å²) < 4.78 is 18.4. The first-order chi connectivity index (χ1) is 8.11. The zero-order valence-corrected chi connectivity index (χ0v) is 9.70. The lowest BCUT2D eigenvalue weighted by Crippen LogP contribution is -1.97. The molecule has 0 saturated carbocycles. The molecule has 2 rings (SSSR count). The molecule has 0 radical (unpaired) electrons. The summed E-state index contributed by atoms with van der Waals surface area (Å²) in [5.74, 6) is 0.206. The molecule has 0 amide bonds. The van der Waals surface area contributed by atoms with Gasteiger partial charge in [0.05, 0.1) is 18.5 Å². The third-order valence-corrected chi connectivity index (χ3v) is 2.47. The Balaban J connectivity index is 2.62. The van der Waals surface area contributed by atoms with Crippen LogP contribution in [0.4, 0.5) is 10.1 Å². The van der Waals surface area contributed by atoms with Gasteiger partial charge >= 0.3 is 0 Å². The predicted octanol–water partition coefficient (Wildman–Crippen LogP) is 2.79. The van der Waals surface area contributed by atoms with Crippen LogP contribution in [-0.2, 0) is 0 Å². The first-order valence-electron chi connectivity index (χ1n) is 5.18. The van der Waals surface area contributed by atoms with Gasteiger partial charge in [-0.05, 0) is 36.8 Å². The lowest BCUT2D eigenvalue weighted by Gasteiger charge is -2.10. The number of hydrogen-bond acceptors (Lipinski definition) is 3. The summed E-state index contributed by atoms with van der Waals surface area (Å²) in [6.45, 7) is 1.90. The Labute approximate surface area is 99.1 Å². The number of rotatable bonds is 2. The third-order valence-electron chi connectivity index (χ3n) is 2.47. The van der Waals surface area contributed by atoms with Crippen molar-refractivity contribution in [3.05, 3.63) is 41.8 Å². The second kappa shape index (κ2) is 4.41. The lowest BCUT2D eigenvalue weighted by molar-refractivity contribution is 0.415. The van der Waals surface area contributed by atoms with Crippen molar-refractivity contribution >= 4 is 5.69 Å². The van der Waals surface area contributed by atoms with Gasteiger partial charge in [0.25, 0.3) is 0 Å². The number of aryl methyl sites for hydroxylation is 1. The molecule has 1 aromatic heterocycles. The van der Waals surface area contributed by atoms with Gasteiger partial charge in [0, 0.05) is 11.8 Å². The number of nitrogen functional groups attached to an aromatic ring is 1. The maximum absolute atomic E-state index is 13.3. The van der Waals surface area contributed by atoms with Crippen molar-refractivity contribution in [1.29, 1.82) is 0 Å². The van der Waals surface area contributed by atoms with Crippen molar-refractivity contribution in [3.63, 3.8) is 0 Å². The molecule has 0 saturated heterocycles. The first-order valence-corrected chi connectivity index (χ1v) is 5.18. The summed E-state index contributed by atoms with van der Waals surface area (Å²) in [5.41, 5.74) is 8.45. The molecule has 0 atom stereocenters. The average molecular weight is 232 g/mol. The van der Waals surface area contributed by atoms with Crippen LogP contribution in [0.3, 0.4) is 0 Å². The molecule has 3 nitrogen and oxygen atoms in total. The van der Waals surface area contributed by atoms with E-state index in [2.05, 4.69) is 4.98 Å². The molecule has 0 spiro atoms. The van der Waals surface area contributed by atoms with Crippen LogP contribution in [0.25, 0.3) is 11.3 Å². The number of aromatic nitrogens is 1. The molecule has 0 aliphatic rings. The molecular formula is C13H13FN2O. The van der Waals surface area contributed by atoms with E-state index < -0.39 is 0 Å². The molecule has 0 aliphatic carbocycles. The molecule has 88 valence electrons. The Morgan fingerprint density at radius 1 is 1.29 bits per heavy atom. The average Bonchev–Trinajstić information content (AvgIpc) is 2.29. The Morgan fingerprint density at radius 3 is 2.71 bits per heavy atom. The van der Waals surface area contributed by atoms with Gasteiger partial charge < -0.3 is 10.5 Å². The van der Waals surface area contributed by atoms with Crippen LogP contribution in [0.2, 0.25) is 0 Å². The fourth-order valence-electron chi connectivity index (χ4n) is 1.68. The van der Waals surface area contributed by atoms with Gasteiger partial charge in [-0.15, -0.1) is 0 Å². The quantitative estimate of drug-likeness (QED) is 0.866. The molecule has 0 aliphatic heterocycles. The fourth-order valence-corrected chi connectivity index (χ4v) is 1.68. The lowest BCUT2D eigenvalue weighted by atomic mass is 10.1. The minimum atomic E-state index is -0.345. The highest BCUT2D eigenvalue weighted by Gasteiger charge is 2.11. The topological polar surface area (TPSA) is 48.1 Å². The molecular weight excluding hydrogens is 219 g/mol. The Bertz CT molecular complexity index is 555. The highest BCUT2D eigenvalue weighted by atomic mass is 19.1. The molecule has 2 N–H and O–H groups in total. The number of benzene rings is 1. The molecule has 1 aromatic carbocycles. The van der Waals surface area contributed by atoms with E-state index in [1.165, 1.54) is 19.2 Å². The molecule has 1 heterocycles. The smallest absolute Gasteiger partial charge is 0.128 e. The number of pyridine rings is 1.